The maximum atomic E-state index is 12.2. The van der Waals surface area contributed by atoms with Crippen LogP contribution in [0, 0.1) is 0 Å². The quantitative estimate of drug-likeness (QED) is 0.773. The molecule has 2 unspecified atom stereocenters. The standard InChI is InChI=1S/C15H23NO4S/c1-4-12-6-8-13(9-7-12)15(16)11(3)21(18,19)10-14(17)20-5-2/h6-9,11,15H,4-5,10,16H2,1-3H3. The first-order chi connectivity index (χ1) is 9.81. The van der Waals surface area contributed by atoms with E-state index in [1.165, 1.54) is 6.92 Å². The van der Waals surface area contributed by atoms with Crippen LogP contribution in [-0.2, 0) is 25.8 Å². The monoisotopic (exact) mass is 313 g/mol. The van der Waals surface area contributed by atoms with Crippen LogP contribution < -0.4 is 5.73 Å². The predicted octanol–water partition coefficient (Wildman–Crippen LogP) is 1.62. The summed E-state index contributed by atoms with van der Waals surface area (Å²) in [4.78, 5) is 11.4. The second kappa shape index (κ2) is 7.56. The summed E-state index contributed by atoms with van der Waals surface area (Å²) < 4.78 is 29.0. The number of hydrogen-bond donors (Lipinski definition) is 1. The van der Waals surface area contributed by atoms with Crippen LogP contribution in [0.3, 0.4) is 0 Å². The van der Waals surface area contributed by atoms with Gasteiger partial charge < -0.3 is 10.5 Å². The molecule has 6 heteroatoms. The maximum Gasteiger partial charge on any atom is 0.321 e. The summed E-state index contributed by atoms with van der Waals surface area (Å²) in [5.41, 5.74) is 7.94. The van der Waals surface area contributed by atoms with Gasteiger partial charge in [-0.05, 0) is 31.4 Å². The molecule has 0 heterocycles. The zero-order chi connectivity index (χ0) is 16.0. The molecule has 0 aliphatic rings. The van der Waals surface area contributed by atoms with Gasteiger partial charge >= 0.3 is 5.97 Å². The lowest BCUT2D eigenvalue weighted by Crippen LogP contribution is -2.35. The van der Waals surface area contributed by atoms with Crippen molar-refractivity contribution >= 4 is 15.8 Å². The molecule has 118 valence electrons. The van der Waals surface area contributed by atoms with E-state index in [9.17, 15) is 13.2 Å². The van der Waals surface area contributed by atoms with Gasteiger partial charge in [0.1, 0.15) is 5.75 Å². The fourth-order valence-corrected chi connectivity index (χ4v) is 3.25. The summed E-state index contributed by atoms with van der Waals surface area (Å²) in [7, 11) is -3.64. The van der Waals surface area contributed by atoms with E-state index in [4.69, 9.17) is 5.73 Å². The molecule has 0 aromatic heterocycles. The molecule has 2 atom stereocenters. The van der Waals surface area contributed by atoms with Crippen molar-refractivity contribution in [3.8, 4) is 0 Å². The van der Waals surface area contributed by atoms with Gasteiger partial charge in [-0.2, -0.15) is 0 Å². The summed E-state index contributed by atoms with van der Waals surface area (Å²) in [5, 5.41) is -0.852. The number of esters is 1. The third-order valence-electron chi connectivity index (χ3n) is 3.47. The SMILES string of the molecule is CCOC(=O)CS(=O)(=O)C(C)C(N)c1ccc(CC)cc1. The minimum atomic E-state index is -3.64. The zero-order valence-corrected chi connectivity index (χ0v) is 13.5. The van der Waals surface area contributed by atoms with E-state index in [2.05, 4.69) is 4.74 Å². The lowest BCUT2D eigenvalue weighted by molar-refractivity contribution is -0.139. The Kier molecular flexibility index (Phi) is 6.36. The van der Waals surface area contributed by atoms with Crippen LogP contribution in [0.5, 0.6) is 0 Å². The van der Waals surface area contributed by atoms with Crippen LogP contribution in [0.4, 0.5) is 0 Å². The lowest BCUT2D eigenvalue weighted by atomic mass is 10.0. The second-order valence-electron chi connectivity index (χ2n) is 4.94. The van der Waals surface area contributed by atoms with Crippen LogP contribution in [0.2, 0.25) is 0 Å². The minimum Gasteiger partial charge on any atom is -0.465 e. The molecule has 1 rings (SSSR count). The number of carbonyl (C=O) groups is 1. The zero-order valence-electron chi connectivity index (χ0n) is 12.7. The molecular formula is C15H23NO4S. The topological polar surface area (TPSA) is 86.5 Å². The van der Waals surface area contributed by atoms with Crippen molar-refractivity contribution in [1.82, 2.24) is 0 Å². The van der Waals surface area contributed by atoms with Gasteiger partial charge in [-0.1, -0.05) is 31.2 Å². The van der Waals surface area contributed by atoms with Gasteiger partial charge in [-0.3, -0.25) is 4.79 Å². The molecule has 0 aliphatic heterocycles. The third-order valence-corrected chi connectivity index (χ3v) is 5.53. The summed E-state index contributed by atoms with van der Waals surface area (Å²) in [6.07, 6.45) is 0.909. The number of carbonyl (C=O) groups excluding carboxylic acids is 1. The highest BCUT2D eigenvalue weighted by molar-refractivity contribution is 7.92. The molecule has 2 N–H and O–H groups in total. The third kappa shape index (κ3) is 4.82. The number of nitrogens with two attached hydrogens (primary N) is 1. The Bertz CT molecular complexity index is 566. The fourth-order valence-electron chi connectivity index (χ4n) is 1.97. The highest BCUT2D eigenvalue weighted by atomic mass is 32.2. The number of hydrogen-bond acceptors (Lipinski definition) is 5. The fraction of sp³-hybridized carbons (Fsp3) is 0.533. The highest BCUT2D eigenvalue weighted by Gasteiger charge is 2.30. The molecule has 0 spiro atoms. The van der Waals surface area contributed by atoms with Crippen LogP contribution in [0.25, 0.3) is 0 Å². The molecule has 0 radical (unpaired) electrons. The highest BCUT2D eigenvalue weighted by Crippen LogP contribution is 2.21. The van der Waals surface area contributed by atoms with Gasteiger partial charge in [0, 0.05) is 6.04 Å². The molecule has 0 saturated carbocycles. The van der Waals surface area contributed by atoms with Gasteiger partial charge in [0.2, 0.25) is 0 Å². The maximum absolute atomic E-state index is 12.2. The molecule has 21 heavy (non-hydrogen) atoms. The first-order valence-electron chi connectivity index (χ1n) is 7.03. The molecule has 0 aliphatic carbocycles. The van der Waals surface area contributed by atoms with E-state index < -0.39 is 32.9 Å². The van der Waals surface area contributed by atoms with Gasteiger partial charge in [0.05, 0.1) is 11.9 Å². The van der Waals surface area contributed by atoms with Gasteiger partial charge in [0.25, 0.3) is 0 Å². The number of ether oxygens (including phenoxy) is 1. The molecule has 0 fully saturated rings. The normalized spacial score (nSPS) is 14.5. The number of benzene rings is 1. The van der Waals surface area contributed by atoms with Crippen LogP contribution in [0.1, 0.15) is 37.9 Å². The van der Waals surface area contributed by atoms with Crippen molar-refractivity contribution in [2.24, 2.45) is 5.73 Å². The summed E-state index contributed by atoms with van der Waals surface area (Å²) in [6, 6.07) is 6.86. The summed E-state index contributed by atoms with van der Waals surface area (Å²) in [6.45, 7) is 5.36. The molecule has 1 aromatic rings. The minimum absolute atomic E-state index is 0.160. The van der Waals surface area contributed by atoms with Crippen LogP contribution >= 0.6 is 0 Å². The first kappa shape index (κ1) is 17.7. The van der Waals surface area contributed by atoms with Gasteiger partial charge in [0.15, 0.2) is 9.84 Å². The van der Waals surface area contributed by atoms with E-state index in [-0.39, 0.29) is 6.61 Å². The average Bonchev–Trinajstić information content (AvgIpc) is 2.45. The summed E-state index contributed by atoms with van der Waals surface area (Å²) in [5.74, 6) is -1.37. The van der Waals surface area contributed by atoms with Crippen molar-refractivity contribution in [1.29, 1.82) is 0 Å². The Morgan fingerprint density at radius 3 is 2.29 bits per heavy atom. The molecule has 5 nitrogen and oxygen atoms in total. The van der Waals surface area contributed by atoms with Crippen molar-refractivity contribution in [2.75, 3.05) is 12.4 Å². The predicted molar refractivity (Wildman–Crippen MR) is 82.6 cm³/mol. The number of sulfone groups is 1. The van der Waals surface area contributed by atoms with E-state index in [0.29, 0.717) is 0 Å². The van der Waals surface area contributed by atoms with E-state index in [0.717, 1.165) is 17.5 Å². The molecule has 1 aromatic carbocycles. The molecular weight excluding hydrogens is 290 g/mol. The van der Waals surface area contributed by atoms with E-state index in [1.54, 1.807) is 6.92 Å². The van der Waals surface area contributed by atoms with E-state index in [1.807, 2.05) is 31.2 Å². The van der Waals surface area contributed by atoms with Crippen molar-refractivity contribution in [3.63, 3.8) is 0 Å². The number of aryl methyl sites for hydroxylation is 1. The molecule has 0 bridgehead atoms. The second-order valence-corrected chi connectivity index (χ2v) is 7.30. The lowest BCUT2D eigenvalue weighted by Gasteiger charge is -2.20. The summed E-state index contributed by atoms with van der Waals surface area (Å²) >= 11 is 0. The Labute approximate surface area is 126 Å². The largest absolute Gasteiger partial charge is 0.465 e. The Morgan fingerprint density at radius 1 is 1.24 bits per heavy atom. The molecule has 0 saturated heterocycles. The van der Waals surface area contributed by atoms with Gasteiger partial charge in [-0.15, -0.1) is 0 Å². The van der Waals surface area contributed by atoms with Crippen molar-refractivity contribution in [3.05, 3.63) is 35.4 Å². The Balaban J connectivity index is 2.84. The molecule has 0 amide bonds. The number of rotatable bonds is 7. The van der Waals surface area contributed by atoms with Crippen molar-refractivity contribution < 1.29 is 17.9 Å². The van der Waals surface area contributed by atoms with Crippen LogP contribution in [-0.4, -0.2) is 32.0 Å². The smallest absolute Gasteiger partial charge is 0.321 e. The van der Waals surface area contributed by atoms with Crippen molar-refractivity contribution in [2.45, 2.75) is 38.5 Å². The van der Waals surface area contributed by atoms with Gasteiger partial charge in [-0.25, -0.2) is 8.42 Å². The van der Waals surface area contributed by atoms with Crippen LogP contribution in [0.15, 0.2) is 24.3 Å². The Morgan fingerprint density at radius 2 is 1.81 bits per heavy atom. The first-order valence-corrected chi connectivity index (χ1v) is 8.75. The average molecular weight is 313 g/mol. The van der Waals surface area contributed by atoms with E-state index >= 15 is 0 Å². The Hall–Kier alpha value is -1.40.